The number of carbonyl (C=O) groups excluding carboxylic acids is 1. The van der Waals surface area contributed by atoms with E-state index in [1.54, 1.807) is 23.1 Å². The van der Waals surface area contributed by atoms with Gasteiger partial charge in [0.2, 0.25) is 5.91 Å². The molecule has 7 heteroatoms. The van der Waals surface area contributed by atoms with E-state index in [0.717, 1.165) is 5.56 Å². The van der Waals surface area contributed by atoms with Gasteiger partial charge in [-0.2, -0.15) is 0 Å². The fourth-order valence-electron chi connectivity index (χ4n) is 3.54. The van der Waals surface area contributed by atoms with Gasteiger partial charge in [-0.05, 0) is 31.5 Å². The Kier molecular flexibility index (Phi) is 7.10. The van der Waals surface area contributed by atoms with Gasteiger partial charge in [0.05, 0.1) is 24.7 Å². The molecule has 1 aliphatic rings. The highest BCUT2D eigenvalue weighted by atomic mass is 19.1. The predicted octanol–water partition coefficient (Wildman–Crippen LogP) is 2.06. The van der Waals surface area contributed by atoms with E-state index < -0.39 is 24.6 Å². The molecular weight excluding hydrogens is 353 g/mol. The van der Waals surface area contributed by atoms with Crippen molar-refractivity contribution in [3.63, 3.8) is 0 Å². The molecule has 1 fully saturated rings. The SMILES string of the molecule is CC(C)N1C(=O)CC(c2ccc(F)cc2)C1C=C[C@@H](O)C[C@@H](O)CC(=O)O. The van der Waals surface area contributed by atoms with Gasteiger partial charge >= 0.3 is 5.97 Å². The topological polar surface area (TPSA) is 98.1 Å². The van der Waals surface area contributed by atoms with Gasteiger partial charge in [0.1, 0.15) is 5.82 Å². The molecule has 4 atom stereocenters. The number of amides is 1. The number of rotatable bonds is 8. The van der Waals surface area contributed by atoms with Crippen molar-refractivity contribution < 1.29 is 29.3 Å². The van der Waals surface area contributed by atoms with E-state index in [-0.39, 0.29) is 42.6 Å². The first-order valence-corrected chi connectivity index (χ1v) is 9.02. The summed E-state index contributed by atoms with van der Waals surface area (Å²) in [6.07, 6.45) is 0.767. The van der Waals surface area contributed by atoms with Crippen LogP contribution in [0.5, 0.6) is 0 Å². The quantitative estimate of drug-likeness (QED) is 0.601. The Balaban J connectivity index is 2.17. The molecule has 0 radical (unpaired) electrons. The second kappa shape index (κ2) is 9.10. The molecule has 1 saturated heterocycles. The summed E-state index contributed by atoms with van der Waals surface area (Å²) in [6.45, 7) is 3.80. The van der Waals surface area contributed by atoms with E-state index in [1.807, 2.05) is 13.8 Å². The first kappa shape index (κ1) is 21.1. The number of aliphatic hydroxyl groups excluding tert-OH is 2. The number of carboxylic acid groups (broad SMARTS) is 1. The van der Waals surface area contributed by atoms with Crippen LogP contribution < -0.4 is 0 Å². The van der Waals surface area contributed by atoms with Gasteiger partial charge in [-0.15, -0.1) is 0 Å². The number of hydrogen-bond donors (Lipinski definition) is 3. The minimum Gasteiger partial charge on any atom is -0.481 e. The Morgan fingerprint density at radius 3 is 2.48 bits per heavy atom. The summed E-state index contributed by atoms with van der Waals surface area (Å²) in [5.74, 6) is -1.68. The van der Waals surface area contributed by atoms with Crippen molar-refractivity contribution in [3.8, 4) is 0 Å². The summed E-state index contributed by atoms with van der Waals surface area (Å²) in [4.78, 5) is 24.8. The van der Waals surface area contributed by atoms with Gasteiger partial charge in [-0.25, -0.2) is 4.39 Å². The monoisotopic (exact) mass is 379 g/mol. The molecule has 0 aliphatic carbocycles. The van der Waals surface area contributed by atoms with Crippen LogP contribution in [0.15, 0.2) is 36.4 Å². The van der Waals surface area contributed by atoms with E-state index in [9.17, 15) is 24.2 Å². The van der Waals surface area contributed by atoms with Crippen molar-refractivity contribution in [1.82, 2.24) is 4.90 Å². The lowest BCUT2D eigenvalue weighted by atomic mass is 9.90. The van der Waals surface area contributed by atoms with Gasteiger partial charge in [-0.3, -0.25) is 9.59 Å². The number of aliphatic carboxylic acids is 1. The van der Waals surface area contributed by atoms with E-state index in [4.69, 9.17) is 5.11 Å². The zero-order chi connectivity index (χ0) is 20.1. The number of carbonyl (C=O) groups is 2. The number of benzene rings is 1. The lowest BCUT2D eigenvalue weighted by Gasteiger charge is -2.29. The Labute approximate surface area is 157 Å². The molecule has 1 aromatic carbocycles. The molecule has 0 bridgehead atoms. The van der Waals surface area contributed by atoms with Crippen LogP contribution in [0.3, 0.4) is 0 Å². The minimum absolute atomic E-state index is 0.0191. The number of halogens is 1. The highest BCUT2D eigenvalue weighted by Gasteiger charge is 2.40. The maximum atomic E-state index is 13.2. The van der Waals surface area contributed by atoms with Gasteiger partial charge in [0.15, 0.2) is 0 Å². The molecule has 0 aromatic heterocycles. The molecule has 1 aliphatic heterocycles. The fraction of sp³-hybridized carbons (Fsp3) is 0.500. The van der Waals surface area contributed by atoms with Gasteiger partial charge < -0.3 is 20.2 Å². The number of carboxylic acids is 1. The van der Waals surface area contributed by atoms with Crippen molar-refractivity contribution in [1.29, 1.82) is 0 Å². The summed E-state index contributed by atoms with van der Waals surface area (Å²) < 4.78 is 13.2. The third-order valence-corrected chi connectivity index (χ3v) is 4.72. The van der Waals surface area contributed by atoms with E-state index in [2.05, 4.69) is 0 Å². The number of likely N-dealkylation sites (tertiary alicyclic amines) is 1. The van der Waals surface area contributed by atoms with Crippen molar-refractivity contribution in [2.24, 2.45) is 0 Å². The van der Waals surface area contributed by atoms with Gasteiger partial charge in [-0.1, -0.05) is 24.3 Å². The molecule has 3 N–H and O–H groups in total. The zero-order valence-corrected chi connectivity index (χ0v) is 15.5. The smallest absolute Gasteiger partial charge is 0.305 e. The van der Waals surface area contributed by atoms with Crippen LogP contribution >= 0.6 is 0 Å². The Morgan fingerprint density at radius 2 is 1.93 bits per heavy atom. The second-order valence-corrected chi connectivity index (χ2v) is 7.19. The van der Waals surface area contributed by atoms with Crippen LogP contribution in [-0.4, -0.2) is 56.4 Å². The average molecular weight is 379 g/mol. The third-order valence-electron chi connectivity index (χ3n) is 4.72. The summed E-state index contributed by atoms with van der Waals surface area (Å²) in [5, 5.41) is 28.4. The minimum atomic E-state index is -1.15. The normalized spacial score (nSPS) is 22.6. The molecule has 2 unspecified atom stereocenters. The summed E-state index contributed by atoms with van der Waals surface area (Å²) in [5.41, 5.74) is 0.836. The van der Waals surface area contributed by atoms with Crippen molar-refractivity contribution in [3.05, 3.63) is 47.8 Å². The first-order chi connectivity index (χ1) is 12.7. The number of aliphatic hydroxyl groups is 2. The Morgan fingerprint density at radius 1 is 1.30 bits per heavy atom. The van der Waals surface area contributed by atoms with Crippen LogP contribution in [0.1, 0.15) is 44.6 Å². The molecule has 0 spiro atoms. The van der Waals surface area contributed by atoms with Gasteiger partial charge in [0, 0.05) is 24.8 Å². The summed E-state index contributed by atoms with van der Waals surface area (Å²) in [6, 6.07) is 5.67. The fourth-order valence-corrected chi connectivity index (χ4v) is 3.54. The highest BCUT2D eigenvalue weighted by molar-refractivity contribution is 5.81. The molecule has 27 heavy (non-hydrogen) atoms. The van der Waals surface area contributed by atoms with Crippen LogP contribution in [-0.2, 0) is 9.59 Å². The third kappa shape index (κ3) is 5.61. The van der Waals surface area contributed by atoms with Crippen molar-refractivity contribution >= 4 is 11.9 Å². The van der Waals surface area contributed by atoms with Crippen molar-refractivity contribution in [2.75, 3.05) is 0 Å². The maximum Gasteiger partial charge on any atom is 0.305 e. The standard InChI is InChI=1S/C20H26FNO5/c1-12(2)22-18(8-7-15(23)9-16(24)10-20(26)27)17(11-19(22)25)13-3-5-14(21)6-4-13/h3-8,12,15-18,23-24H,9-11H2,1-2H3,(H,26,27)/t15-,16-,17?,18?/m1/s1. The maximum absolute atomic E-state index is 13.2. The highest BCUT2D eigenvalue weighted by Crippen LogP contribution is 2.36. The van der Waals surface area contributed by atoms with E-state index in [0.29, 0.717) is 0 Å². The Bertz CT molecular complexity index is 688. The van der Waals surface area contributed by atoms with Gasteiger partial charge in [0.25, 0.3) is 0 Å². The van der Waals surface area contributed by atoms with E-state index >= 15 is 0 Å². The van der Waals surface area contributed by atoms with Crippen molar-refractivity contribution in [2.45, 2.75) is 63.3 Å². The van der Waals surface area contributed by atoms with Crippen LogP contribution in [0.2, 0.25) is 0 Å². The van der Waals surface area contributed by atoms with Crippen LogP contribution in [0.4, 0.5) is 4.39 Å². The summed E-state index contributed by atoms with van der Waals surface area (Å²) in [7, 11) is 0. The zero-order valence-electron chi connectivity index (χ0n) is 15.5. The molecule has 0 saturated carbocycles. The molecule has 2 rings (SSSR count). The molecule has 1 aromatic rings. The van der Waals surface area contributed by atoms with Crippen LogP contribution in [0, 0.1) is 5.82 Å². The summed E-state index contributed by atoms with van der Waals surface area (Å²) >= 11 is 0. The number of hydrogen-bond acceptors (Lipinski definition) is 4. The molecule has 1 amide bonds. The Hall–Kier alpha value is -2.25. The molecule has 1 heterocycles. The number of nitrogens with zero attached hydrogens (tertiary/aromatic N) is 1. The first-order valence-electron chi connectivity index (χ1n) is 9.02. The molecule has 148 valence electrons. The predicted molar refractivity (Wildman–Crippen MR) is 97.6 cm³/mol. The van der Waals surface area contributed by atoms with E-state index in [1.165, 1.54) is 18.2 Å². The lowest BCUT2D eigenvalue weighted by molar-refractivity contribution is -0.139. The van der Waals surface area contributed by atoms with Crippen LogP contribution in [0.25, 0.3) is 0 Å². The molecular formula is C20H26FNO5. The largest absolute Gasteiger partial charge is 0.481 e. The lowest BCUT2D eigenvalue weighted by Crippen LogP contribution is -2.39. The second-order valence-electron chi connectivity index (χ2n) is 7.19. The average Bonchev–Trinajstić information content (AvgIpc) is 2.89. The molecule has 6 nitrogen and oxygen atoms in total.